The van der Waals surface area contributed by atoms with Crippen LogP contribution in [0.1, 0.15) is 28.8 Å². The molecule has 0 spiro atoms. The normalized spacial score (nSPS) is 19.3. The summed E-state index contributed by atoms with van der Waals surface area (Å²) in [5, 5.41) is 3.00. The molecule has 4 nitrogen and oxygen atoms in total. The van der Waals surface area contributed by atoms with Crippen molar-refractivity contribution >= 4 is 29.3 Å². The minimum absolute atomic E-state index is 0.0251. The van der Waals surface area contributed by atoms with E-state index in [0.29, 0.717) is 12.1 Å². The number of rotatable bonds is 3. The highest BCUT2D eigenvalue weighted by Gasteiger charge is 2.49. The van der Waals surface area contributed by atoms with Crippen molar-refractivity contribution in [3.63, 3.8) is 0 Å². The van der Waals surface area contributed by atoms with E-state index in [-0.39, 0.29) is 16.6 Å². The molecule has 1 fully saturated rings. The third kappa shape index (κ3) is 1.92. The molecule has 0 aromatic heterocycles. The van der Waals surface area contributed by atoms with E-state index in [1.807, 2.05) is 24.5 Å². The fourth-order valence-electron chi connectivity index (χ4n) is 2.46. The van der Waals surface area contributed by atoms with Crippen LogP contribution in [-0.4, -0.2) is 34.8 Å². The van der Waals surface area contributed by atoms with Gasteiger partial charge in [0, 0.05) is 30.4 Å². The first-order valence-corrected chi connectivity index (χ1v) is 7.54. The van der Waals surface area contributed by atoms with Crippen LogP contribution in [0.25, 0.3) is 0 Å². The number of nitrogens with one attached hydrogen (secondary N) is 1. The van der Waals surface area contributed by atoms with Crippen molar-refractivity contribution < 1.29 is 9.59 Å². The molecule has 0 atom stereocenters. The lowest BCUT2D eigenvalue weighted by Crippen LogP contribution is -2.27. The highest BCUT2D eigenvalue weighted by molar-refractivity contribution is 8.01. The molecule has 1 aliphatic heterocycles. The minimum Gasteiger partial charge on any atom is -0.337 e. The van der Waals surface area contributed by atoms with Gasteiger partial charge in [0.05, 0.1) is 4.75 Å². The monoisotopic (exact) mass is 276 g/mol. The van der Waals surface area contributed by atoms with Gasteiger partial charge in [-0.1, -0.05) is 6.07 Å². The number of thioether (sulfide) groups is 1. The molecule has 1 saturated carbocycles. The first kappa shape index (κ1) is 12.5. The molecule has 2 amide bonds. The predicted molar refractivity (Wildman–Crippen MR) is 76.3 cm³/mol. The predicted octanol–water partition coefficient (Wildman–Crippen LogP) is 2.11. The van der Waals surface area contributed by atoms with Crippen molar-refractivity contribution in [1.29, 1.82) is 0 Å². The van der Waals surface area contributed by atoms with Crippen molar-refractivity contribution in [2.75, 3.05) is 18.6 Å². The zero-order valence-electron chi connectivity index (χ0n) is 11.0. The van der Waals surface area contributed by atoms with Crippen LogP contribution in [0.15, 0.2) is 18.2 Å². The van der Waals surface area contributed by atoms with Gasteiger partial charge in [-0.3, -0.25) is 9.59 Å². The molecule has 2 aliphatic rings. The van der Waals surface area contributed by atoms with Gasteiger partial charge in [-0.25, -0.2) is 0 Å². The van der Waals surface area contributed by atoms with Gasteiger partial charge >= 0.3 is 0 Å². The molecule has 3 rings (SSSR count). The van der Waals surface area contributed by atoms with E-state index >= 15 is 0 Å². The van der Waals surface area contributed by atoms with Crippen LogP contribution in [0, 0.1) is 0 Å². The number of amides is 2. The third-order valence-corrected chi connectivity index (χ3v) is 5.28. The van der Waals surface area contributed by atoms with Crippen LogP contribution in [0.4, 0.5) is 5.69 Å². The van der Waals surface area contributed by atoms with Gasteiger partial charge in [0.25, 0.3) is 5.91 Å². The van der Waals surface area contributed by atoms with E-state index in [9.17, 15) is 9.59 Å². The molecule has 1 aliphatic carbocycles. The second kappa shape index (κ2) is 4.27. The zero-order valence-corrected chi connectivity index (χ0v) is 11.8. The van der Waals surface area contributed by atoms with Gasteiger partial charge in [-0.15, -0.1) is 11.8 Å². The molecule has 1 aromatic rings. The van der Waals surface area contributed by atoms with Gasteiger partial charge in [0.2, 0.25) is 5.91 Å². The van der Waals surface area contributed by atoms with Crippen molar-refractivity contribution in [3.8, 4) is 0 Å². The summed E-state index contributed by atoms with van der Waals surface area (Å²) in [6.07, 6.45) is 3.85. The number of benzene rings is 1. The lowest BCUT2D eigenvalue weighted by molar-refractivity contribution is -0.116. The number of hydrogen-bond donors (Lipinski definition) is 1. The number of hydrogen-bond acceptors (Lipinski definition) is 3. The Morgan fingerprint density at radius 2 is 2.16 bits per heavy atom. The Bertz CT molecular complexity index is 567. The van der Waals surface area contributed by atoms with Gasteiger partial charge in [0.15, 0.2) is 0 Å². The Labute approximate surface area is 116 Å². The van der Waals surface area contributed by atoms with Crippen molar-refractivity contribution in [2.45, 2.75) is 24.1 Å². The van der Waals surface area contributed by atoms with Crippen LogP contribution in [0.3, 0.4) is 0 Å². The first-order chi connectivity index (χ1) is 9.07. The van der Waals surface area contributed by atoms with Crippen molar-refractivity contribution in [2.24, 2.45) is 0 Å². The molecule has 0 bridgehead atoms. The quantitative estimate of drug-likeness (QED) is 0.920. The summed E-state index contributed by atoms with van der Waals surface area (Å²) >= 11 is 1.61. The molecular weight excluding hydrogens is 260 g/mol. The summed E-state index contributed by atoms with van der Waals surface area (Å²) in [5.74, 6) is 0.0903. The van der Waals surface area contributed by atoms with Gasteiger partial charge in [0.1, 0.15) is 0 Å². The van der Waals surface area contributed by atoms with E-state index in [1.54, 1.807) is 23.7 Å². The lowest BCUT2D eigenvalue weighted by atomic mass is 10.1. The molecule has 19 heavy (non-hydrogen) atoms. The van der Waals surface area contributed by atoms with Gasteiger partial charge in [-0.2, -0.15) is 0 Å². The molecule has 1 heterocycles. The Morgan fingerprint density at radius 3 is 2.79 bits per heavy atom. The minimum atomic E-state index is -0.239. The van der Waals surface area contributed by atoms with Crippen LogP contribution in [0.2, 0.25) is 0 Å². The Balaban J connectivity index is 1.88. The maximum Gasteiger partial charge on any atom is 0.254 e. The fourth-order valence-corrected chi connectivity index (χ4v) is 3.21. The number of carbonyl (C=O) groups excluding carboxylic acids is 2. The van der Waals surface area contributed by atoms with Gasteiger partial charge in [-0.05, 0) is 31.2 Å². The van der Waals surface area contributed by atoms with E-state index in [0.717, 1.165) is 24.1 Å². The topological polar surface area (TPSA) is 49.4 Å². The number of fused-ring (bicyclic) bond motifs is 1. The summed E-state index contributed by atoms with van der Waals surface area (Å²) in [6.45, 7) is 0.566. The maximum atomic E-state index is 12.3. The van der Waals surface area contributed by atoms with E-state index < -0.39 is 0 Å². The standard InChI is InChI=1S/C14H16N2O2S/c1-16-8-10-9(12(16)17)4-3-5-11(10)15-13(18)14(19-2)6-7-14/h3-5H,6-8H2,1-2H3,(H,15,18). The molecule has 5 heteroatoms. The molecule has 1 N–H and O–H groups in total. The largest absolute Gasteiger partial charge is 0.337 e. The molecule has 100 valence electrons. The summed E-state index contributed by atoms with van der Waals surface area (Å²) in [6, 6.07) is 5.52. The van der Waals surface area contributed by atoms with Crippen LogP contribution in [-0.2, 0) is 11.3 Å². The molecule has 1 aromatic carbocycles. The van der Waals surface area contributed by atoms with Crippen LogP contribution >= 0.6 is 11.8 Å². The second-order valence-corrected chi connectivity index (χ2v) is 6.34. The van der Waals surface area contributed by atoms with Crippen LogP contribution in [0.5, 0.6) is 0 Å². The molecule has 0 saturated heterocycles. The maximum absolute atomic E-state index is 12.3. The van der Waals surface area contributed by atoms with Crippen LogP contribution < -0.4 is 5.32 Å². The molecular formula is C14H16N2O2S. The molecule has 0 unspecified atom stereocenters. The number of carbonyl (C=O) groups is 2. The smallest absolute Gasteiger partial charge is 0.254 e. The SMILES string of the molecule is CSC1(C(=O)Nc2cccc3c2CN(C)C3=O)CC1. The number of anilines is 1. The van der Waals surface area contributed by atoms with Gasteiger partial charge < -0.3 is 10.2 Å². The lowest BCUT2D eigenvalue weighted by Gasteiger charge is -2.14. The highest BCUT2D eigenvalue weighted by atomic mass is 32.2. The summed E-state index contributed by atoms with van der Waals surface area (Å²) in [4.78, 5) is 25.8. The summed E-state index contributed by atoms with van der Waals surface area (Å²) in [7, 11) is 1.78. The first-order valence-electron chi connectivity index (χ1n) is 6.31. The third-order valence-electron chi connectivity index (χ3n) is 3.91. The average Bonchev–Trinajstić information content (AvgIpc) is 3.15. The van der Waals surface area contributed by atoms with E-state index in [2.05, 4.69) is 5.32 Å². The Morgan fingerprint density at radius 1 is 1.42 bits per heavy atom. The Hall–Kier alpha value is -1.49. The molecule has 0 radical (unpaired) electrons. The average molecular weight is 276 g/mol. The second-order valence-electron chi connectivity index (χ2n) is 5.15. The van der Waals surface area contributed by atoms with E-state index in [4.69, 9.17) is 0 Å². The fraction of sp³-hybridized carbons (Fsp3) is 0.429. The van der Waals surface area contributed by atoms with Crippen molar-refractivity contribution in [3.05, 3.63) is 29.3 Å². The zero-order chi connectivity index (χ0) is 13.6. The highest BCUT2D eigenvalue weighted by Crippen LogP contribution is 2.48. The van der Waals surface area contributed by atoms with E-state index in [1.165, 1.54) is 0 Å². The summed E-state index contributed by atoms with van der Waals surface area (Å²) < 4.78 is -0.239. The summed E-state index contributed by atoms with van der Waals surface area (Å²) in [5.41, 5.74) is 2.41. The van der Waals surface area contributed by atoms with Crippen molar-refractivity contribution in [1.82, 2.24) is 4.90 Å². The Kier molecular flexibility index (Phi) is 2.82. The number of nitrogens with zero attached hydrogens (tertiary/aromatic N) is 1.